The Hall–Kier alpha value is -3.71. The van der Waals surface area contributed by atoms with Gasteiger partial charge in [-0.25, -0.2) is 4.98 Å². The van der Waals surface area contributed by atoms with E-state index >= 15 is 0 Å². The number of amides is 2. The van der Waals surface area contributed by atoms with Gasteiger partial charge in [0, 0.05) is 35.0 Å². The normalized spacial score (nSPS) is 14.2. The maximum Gasteiger partial charge on any atom is 0.254 e. The summed E-state index contributed by atoms with van der Waals surface area (Å²) in [4.78, 5) is 33.7. The molecule has 7 heteroatoms. The van der Waals surface area contributed by atoms with Crippen molar-refractivity contribution >= 4 is 39.1 Å². The predicted molar refractivity (Wildman–Crippen MR) is 140 cm³/mol. The number of likely N-dealkylation sites (tertiary alicyclic amines) is 1. The number of hydrogen-bond acceptors (Lipinski definition) is 5. The molecular formula is C28H27N3O3S. The number of ether oxygens (including phenoxy) is 1. The minimum absolute atomic E-state index is 0.0281. The fraction of sp³-hybridized carbons (Fsp3) is 0.250. The lowest BCUT2D eigenvalue weighted by molar-refractivity contribution is -0.121. The Balaban J connectivity index is 1.21. The number of aromatic nitrogens is 1. The van der Waals surface area contributed by atoms with E-state index in [0.717, 1.165) is 38.2 Å². The maximum absolute atomic E-state index is 13.2. The first-order chi connectivity index (χ1) is 17.0. The largest absolute Gasteiger partial charge is 0.497 e. The van der Waals surface area contributed by atoms with Crippen LogP contribution in [0, 0.1) is 12.8 Å². The summed E-state index contributed by atoms with van der Waals surface area (Å²) in [7, 11) is 1.64. The summed E-state index contributed by atoms with van der Waals surface area (Å²) < 4.78 is 5.23. The molecule has 1 aliphatic rings. The minimum Gasteiger partial charge on any atom is -0.497 e. The molecule has 0 aliphatic carbocycles. The van der Waals surface area contributed by atoms with Crippen LogP contribution in [0.5, 0.6) is 5.75 Å². The molecule has 1 aromatic heterocycles. The molecule has 0 saturated carbocycles. The molecule has 5 rings (SSSR count). The summed E-state index contributed by atoms with van der Waals surface area (Å²) in [6.45, 7) is 3.13. The fourth-order valence-corrected chi connectivity index (χ4v) is 5.44. The van der Waals surface area contributed by atoms with Gasteiger partial charge in [0.25, 0.3) is 5.91 Å². The molecule has 178 valence electrons. The third-order valence-corrected chi connectivity index (χ3v) is 7.45. The molecule has 4 aromatic rings. The number of fused-ring (bicyclic) bond motifs is 1. The van der Waals surface area contributed by atoms with Crippen LogP contribution < -0.4 is 10.1 Å². The van der Waals surface area contributed by atoms with Crippen LogP contribution in [0.1, 0.15) is 28.1 Å². The molecule has 1 aliphatic heterocycles. The van der Waals surface area contributed by atoms with Crippen LogP contribution in [0.25, 0.3) is 22.0 Å². The van der Waals surface area contributed by atoms with Crippen molar-refractivity contribution in [1.82, 2.24) is 9.88 Å². The minimum atomic E-state index is -0.139. The lowest BCUT2D eigenvalue weighted by Gasteiger charge is -2.31. The fourth-order valence-electron chi connectivity index (χ4n) is 4.60. The Morgan fingerprint density at radius 3 is 2.46 bits per heavy atom. The van der Waals surface area contributed by atoms with Gasteiger partial charge in [0.2, 0.25) is 5.91 Å². The molecule has 1 fully saturated rings. The number of piperidine rings is 1. The molecule has 2 heterocycles. The lowest BCUT2D eigenvalue weighted by atomic mass is 9.95. The third kappa shape index (κ3) is 4.77. The maximum atomic E-state index is 13.2. The van der Waals surface area contributed by atoms with Crippen LogP contribution in [0.4, 0.5) is 5.13 Å². The Morgan fingerprint density at radius 1 is 1.00 bits per heavy atom. The van der Waals surface area contributed by atoms with Gasteiger partial charge < -0.3 is 15.0 Å². The molecule has 1 N–H and O–H groups in total. The number of nitrogens with one attached hydrogen (secondary N) is 1. The molecule has 35 heavy (non-hydrogen) atoms. The second kappa shape index (κ2) is 9.88. The molecule has 0 spiro atoms. The molecule has 0 atom stereocenters. The van der Waals surface area contributed by atoms with Crippen molar-refractivity contribution in [3.05, 3.63) is 77.2 Å². The topological polar surface area (TPSA) is 71.5 Å². The highest BCUT2D eigenvalue weighted by Crippen LogP contribution is 2.32. The number of thiazole rings is 1. The number of carbonyl (C=O) groups excluding carboxylic acids is 2. The van der Waals surface area contributed by atoms with Gasteiger partial charge in [-0.15, -0.1) is 11.3 Å². The van der Waals surface area contributed by atoms with E-state index in [2.05, 4.69) is 10.3 Å². The van der Waals surface area contributed by atoms with E-state index in [4.69, 9.17) is 4.74 Å². The summed E-state index contributed by atoms with van der Waals surface area (Å²) in [5, 5.41) is 5.63. The van der Waals surface area contributed by atoms with Crippen LogP contribution in [0.15, 0.2) is 66.7 Å². The highest BCUT2D eigenvalue weighted by Gasteiger charge is 2.29. The van der Waals surface area contributed by atoms with Crippen LogP contribution in [0.3, 0.4) is 0 Å². The van der Waals surface area contributed by atoms with Crippen molar-refractivity contribution in [2.24, 2.45) is 5.92 Å². The van der Waals surface area contributed by atoms with Gasteiger partial charge in [0.05, 0.1) is 12.8 Å². The number of aryl methyl sites for hydroxylation is 1. The number of nitrogens with zero attached hydrogens (tertiary/aromatic N) is 2. The monoisotopic (exact) mass is 485 g/mol. The van der Waals surface area contributed by atoms with Crippen LogP contribution in [-0.2, 0) is 4.79 Å². The molecule has 6 nitrogen and oxygen atoms in total. The van der Waals surface area contributed by atoms with Gasteiger partial charge in [-0.3, -0.25) is 9.59 Å². The molecule has 3 aromatic carbocycles. The highest BCUT2D eigenvalue weighted by atomic mass is 32.1. The van der Waals surface area contributed by atoms with E-state index in [-0.39, 0.29) is 17.7 Å². The smallest absolute Gasteiger partial charge is 0.254 e. The molecule has 0 radical (unpaired) electrons. The standard InChI is InChI=1S/C28H27N3O3S/c1-18-25(20-10-12-22(34-2)13-11-20)29-28(35-18)30-26(32)21-14-16-31(17-15-21)27(33)24-9-5-7-19-6-3-4-8-23(19)24/h3-13,21H,14-17H2,1-2H3,(H,29,30,32). The van der Waals surface area contributed by atoms with E-state index in [1.165, 1.54) is 11.3 Å². The summed E-state index contributed by atoms with van der Waals surface area (Å²) in [5.74, 6) is 0.651. The van der Waals surface area contributed by atoms with Gasteiger partial charge in [-0.2, -0.15) is 0 Å². The highest BCUT2D eigenvalue weighted by molar-refractivity contribution is 7.16. The van der Waals surface area contributed by atoms with Crippen molar-refractivity contribution in [2.75, 3.05) is 25.5 Å². The Morgan fingerprint density at radius 2 is 1.71 bits per heavy atom. The Bertz CT molecular complexity index is 1370. The van der Waals surface area contributed by atoms with Gasteiger partial charge in [-0.1, -0.05) is 36.4 Å². The SMILES string of the molecule is COc1ccc(-c2nc(NC(=O)C3CCN(C(=O)c4cccc5ccccc45)CC3)sc2C)cc1. The van der Waals surface area contributed by atoms with Gasteiger partial charge >= 0.3 is 0 Å². The van der Waals surface area contributed by atoms with Crippen molar-refractivity contribution in [1.29, 1.82) is 0 Å². The van der Waals surface area contributed by atoms with Gasteiger partial charge in [0.1, 0.15) is 5.75 Å². The van der Waals surface area contributed by atoms with Crippen molar-refractivity contribution in [3.8, 4) is 17.0 Å². The molecular weight excluding hydrogens is 458 g/mol. The van der Waals surface area contributed by atoms with Crippen LogP contribution in [0.2, 0.25) is 0 Å². The summed E-state index contributed by atoms with van der Waals surface area (Å²) in [5.41, 5.74) is 2.57. The zero-order chi connectivity index (χ0) is 24.4. The Kier molecular flexibility index (Phi) is 6.51. The summed E-state index contributed by atoms with van der Waals surface area (Å²) in [6, 6.07) is 21.5. The van der Waals surface area contributed by atoms with Crippen LogP contribution in [-0.4, -0.2) is 41.9 Å². The van der Waals surface area contributed by atoms with E-state index in [1.807, 2.05) is 78.6 Å². The molecule has 0 unspecified atom stereocenters. The number of anilines is 1. The number of methoxy groups -OCH3 is 1. The number of rotatable bonds is 5. The van der Waals surface area contributed by atoms with E-state index in [0.29, 0.717) is 31.1 Å². The quantitative estimate of drug-likeness (QED) is 0.389. The van der Waals surface area contributed by atoms with Gasteiger partial charge in [0.15, 0.2) is 5.13 Å². The zero-order valence-electron chi connectivity index (χ0n) is 19.8. The third-order valence-electron chi connectivity index (χ3n) is 6.56. The van der Waals surface area contributed by atoms with Crippen LogP contribution >= 0.6 is 11.3 Å². The Labute approximate surface area is 208 Å². The van der Waals surface area contributed by atoms with Crippen molar-refractivity contribution in [3.63, 3.8) is 0 Å². The first-order valence-corrected chi connectivity index (χ1v) is 12.5. The van der Waals surface area contributed by atoms with E-state index in [9.17, 15) is 9.59 Å². The first-order valence-electron chi connectivity index (χ1n) is 11.7. The number of hydrogen-bond donors (Lipinski definition) is 1. The molecule has 1 saturated heterocycles. The van der Waals surface area contributed by atoms with Crippen molar-refractivity contribution in [2.45, 2.75) is 19.8 Å². The second-order valence-corrected chi connectivity index (χ2v) is 9.94. The van der Waals surface area contributed by atoms with E-state index in [1.54, 1.807) is 7.11 Å². The van der Waals surface area contributed by atoms with Crippen molar-refractivity contribution < 1.29 is 14.3 Å². The van der Waals surface area contributed by atoms with E-state index < -0.39 is 0 Å². The molecule has 0 bridgehead atoms. The first kappa shape index (κ1) is 23.1. The summed E-state index contributed by atoms with van der Waals surface area (Å²) >= 11 is 1.48. The second-order valence-electron chi connectivity index (χ2n) is 8.73. The summed E-state index contributed by atoms with van der Waals surface area (Å²) in [6.07, 6.45) is 1.27. The number of benzene rings is 3. The number of carbonyl (C=O) groups is 2. The molecule has 2 amide bonds. The average Bonchev–Trinajstić information content (AvgIpc) is 3.27. The van der Waals surface area contributed by atoms with Gasteiger partial charge in [-0.05, 0) is 60.9 Å². The zero-order valence-corrected chi connectivity index (χ0v) is 20.6. The average molecular weight is 486 g/mol. The lowest BCUT2D eigenvalue weighted by Crippen LogP contribution is -2.41. The predicted octanol–water partition coefficient (Wildman–Crippen LogP) is 5.77.